The highest BCUT2D eigenvalue weighted by Gasteiger charge is 2.44. The Morgan fingerprint density at radius 3 is 2.38 bits per heavy atom. The van der Waals surface area contributed by atoms with Crippen LogP contribution in [0.2, 0.25) is 0 Å². The summed E-state index contributed by atoms with van der Waals surface area (Å²) in [6.45, 7) is 5.17. The van der Waals surface area contributed by atoms with Crippen LogP contribution in [0.5, 0.6) is 0 Å². The quantitative estimate of drug-likeness (QED) is 0.672. The largest absolute Gasteiger partial charge is 0.444 e. The Morgan fingerprint density at radius 2 is 1.81 bits per heavy atom. The van der Waals surface area contributed by atoms with Crippen molar-refractivity contribution in [2.75, 3.05) is 11.9 Å². The van der Waals surface area contributed by atoms with E-state index in [1.165, 1.54) is 11.0 Å². The first-order valence-corrected chi connectivity index (χ1v) is 9.91. The number of rotatable bonds is 4. The third kappa shape index (κ3) is 5.74. The highest BCUT2D eigenvalue weighted by molar-refractivity contribution is 6.04. The second kappa shape index (κ2) is 8.76. The van der Waals surface area contributed by atoms with Gasteiger partial charge >= 0.3 is 12.3 Å². The van der Waals surface area contributed by atoms with Crippen LogP contribution in [-0.2, 0) is 17.3 Å². The number of halogens is 4. The number of benzene rings is 1. The first kappa shape index (κ1) is 23.5. The number of nitrogens with zero attached hydrogens (tertiary/aromatic N) is 2. The summed E-state index contributed by atoms with van der Waals surface area (Å²) in [5.74, 6) is -0.718. The van der Waals surface area contributed by atoms with Crippen LogP contribution in [0.1, 0.15) is 42.4 Å². The Morgan fingerprint density at radius 1 is 1.16 bits per heavy atom. The van der Waals surface area contributed by atoms with E-state index in [1.807, 2.05) is 0 Å². The molecule has 0 aliphatic carbocycles. The molecule has 2 aromatic rings. The second-order valence-corrected chi connectivity index (χ2v) is 8.50. The van der Waals surface area contributed by atoms with Crippen LogP contribution in [0.25, 0.3) is 0 Å². The Labute approximate surface area is 182 Å². The lowest BCUT2D eigenvalue weighted by atomic mass is 9.94. The number of amides is 2. The molecule has 1 N–H and O–H groups in total. The molecule has 2 atom stereocenters. The normalized spacial score (nSPS) is 18.7. The molecule has 2 amide bonds. The smallest absolute Gasteiger partial charge is 0.433 e. The predicted molar refractivity (Wildman–Crippen MR) is 109 cm³/mol. The maximum Gasteiger partial charge on any atom is 0.433 e. The minimum absolute atomic E-state index is 0.0282. The molecule has 1 aliphatic rings. The van der Waals surface area contributed by atoms with Crippen molar-refractivity contribution in [3.8, 4) is 0 Å². The van der Waals surface area contributed by atoms with Crippen molar-refractivity contribution in [3.05, 3.63) is 59.4 Å². The number of ether oxygens (including phenoxy) is 1. The number of carbonyl (C=O) groups is 2. The van der Waals surface area contributed by atoms with Gasteiger partial charge in [-0.15, -0.1) is 0 Å². The summed E-state index contributed by atoms with van der Waals surface area (Å²) in [7, 11) is 0. The molecule has 1 saturated heterocycles. The van der Waals surface area contributed by atoms with Crippen LogP contribution < -0.4 is 5.32 Å². The summed E-state index contributed by atoms with van der Waals surface area (Å²) in [5, 5.41) is 2.51. The third-order valence-corrected chi connectivity index (χ3v) is 4.79. The van der Waals surface area contributed by atoms with Crippen molar-refractivity contribution in [3.63, 3.8) is 0 Å². The Kier molecular flexibility index (Phi) is 6.43. The molecular weight excluding hydrogens is 430 g/mol. The van der Waals surface area contributed by atoms with E-state index >= 15 is 0 Å². The van der Waals surface area contributed by atoms with Gasteiger partial charge in [0, 0.05) is 17.4 Å². The molecule has 3 rings (SSSR count). The predicted octanol–water partition coefficient (Wildman–Crippen LogP) is 4.85. The van der Waals surface area contributed by atoms with E-state index in [9.17, 15) is 27.2 Å². The van der Waals surface area contributed by atoms with Gasteiger partial charge in [-0.2, -0.15) is 13.2 Å². The zero-order valence-corrected chi connectivity index (χ0v) is 17.7. The van der Waals surface area contributed by atoms with Crippen LogP contribution in [0.4, 0.5) is 28.0 Å². The molecule has 1 aromatic carbocycles. The van der Waals surface area contributed by atoms with E-state index in [-0.39, 0.29) is 18.5 Å². The van der Waals surface area contributed by atoms with Crippen molar-refractivity contribution in [2.24, 2.45) is 0 Å². The first-order valence-electron chi connectivity index (χ1n) is 9.91. The maximum absolute atomic E-state index is 14.1. The number of carbonyl (C=O) groups excluding carboxylic acids is 2. The fourth-order valence-electron chi connectivity index (χ4n) is 3.17. The lowest BCUT2D eigenvalue weighted by Crippen LogP contribution is -2.62. The number of aromatic nitrogens is 1. The fraction of sp³-hybridized carbons (Fsp3) is 0.409. The van der Waals surface area contributed by atoms with E-state index in [0.717, 1.165) is 11.8 Å². The summed E-state index contributed by atoms with van der Waals surface area (Å²) < 4.78 is 57.7. The SMILES string of the molecule is CC(C)(C)OC(=O)N1C[C@H](F)[C@@H]1Cc1ccc(NC(=O)c2ccnc(C(F)(F)F)c2)cc1. The van der Waals surface area contributed by atoms with Gasteiger partial charge in [-0.25, -0.2) is 9.18 Å². The summed E-state index contributed by atoms with van der Waals surface area (Å²) in [4.78, 5) is 29.0. The molecule has 6 nitrogen and oxygen atoms in total. The number of anilines is 1. The molecule has 0 unspecified atom stereocenters. The summed E-state index contributed by atoms with van der Waals surface area (Å²) >= 11 is 0. The number of likely N-dealkylation sites (tertiary alicyclic amines) is 1. The molecule has 0 spiro atoms. The molecule has 1 aromatic heterocycles. The molecule has 10 heteroatoms. The number of alkyl halides is 4. The van der Waals surface area contributed by atoms with Gasteiger partial charge in [0.05, 0.1) is 12.6 Å². The number of hydrogen-bond acceptors (Lipinski definition) is 4. The van der Waals surface area contributed by atoms with Gasteiger partial charge in [0.25, 0.3) is 5.91 Å². The van der Waals surface area contributed by atoms with Crippen LogP contribution >= 0.6 is 0 Å². The van der Waals surface area contributed by atoms with Crippen LogP contribution in [0, 0.1) is 0 Å². The number of pyridine rings is 1. The molecule has 0 bridgehead atoms. The van der Waals surface area contributed by atoms with Crippen LogP contribution in [0.15, 0.2) is 42.6 Å². The van der Waals surface area contributed by atoms with Gasteiger partial charge in [0.1, 0.15) is 17.5 Å². The van der Waals surface area contributed by atoms with Gasteiger partial charge < -0.3 is 10.1 Å². The monoisotopic (exact) mass is 453 g/mol. The summed E-state index contributed by atoms with van der Waals surface area (Å²) in [5.41, 5.74) is -0.931. The lowest BCUT2D eigenvalue weighted by molar-refractivity contribution is -0.141. The molecule has 0 saturated carbocycles. The minimum atomic E-state index is -4.65. The van der Waals surface area contributed by atoms with E-state index in [2.05, 4.69) is 10.3 Å². The van der Waals surface area contributed by atoms with Crippen LogP contribution in [-0.4, -0.2) is 46.2 Å². The van der Waals surface area contributed by atoms with Crippen molar-refractivity contribution < 1.29 is 31.9 Å². The zero-order chi connectivity index (χ0) is 23.7. The third-order valence-electron chi connectivity index (χ3n) is 4.79. The average Bonchev–Trinajstić information content (AvgIpc) is 2.69. The average molecular weight is 453 g/mol. The molecule has 1 fully saturated rings. The van der Waals surface area contributed by atoms with E-state index < -0.39 is 41.7 Å². The molecular formula is C22H23F4N3O3. The van der Waals surface area contributed by atoms with Crippen molar-refractivity contribution >= 4 is 17.7 Å². The van der Waals surface area contributed by atoms with Crippen LogP contribution in [0.3, 0.4) is 0 Å². The molecule has 2 heterocycles. The van der Waals surface area contributed by atoms with Crippen molar-refractivity contribution in [2.45, 2.75) is 51.2 Å². The van der Waals surface area contributed by atoms with E-state index in [1.54, 1.807) is 45.0 Å². The Balaban J connectivity index is 1.62. The molecule has 32 heavy (non-hydrogen) atoms. The Bertz CT molecular complexity index is 987. The minimum Gasteiger partial charge on any atom is -0.444 e. The van der Waals surface area contributed by atoms with Crippen molar-refractivity contribution in [1.29, 1.82) is 0 Å². The van der Waals surface area contributed by atoms with Gasteiger partial charge in [-0.3, -0.25) is 14.7 Å². The van der Waals surface area contributed by atoms with Gasteiger partial charge in [-0.05, 0) is 57.0 Å². The molecule has 172 valence electrons. The lowest BCUT2D eigenvalue weighted by Gasteiger charge is -2.44. The maximum atomic E-state index is 14.1. The summed E-state index contributed by atoms with van der Waals surface area (Å²) in [6, 6.07) is 7.63. The molecule has 1 aliphatic heterocycles. The fourth-order valence-corrected chi connectivity index (χ4v) is 3.17. The number of hydrogen-bond donors (Lipinski definition) is 1. The van der Waals surface area contributed by atoms with Gasteiger partial charge in [0.15, 0.2) is 0 Å². The number of nitrogens with one attached hydrogen (secondary N) is 1. The standard InChI is InChI=1S/C22H23F4N3O3/c1-21(2,3)32-20(31)29-12-16(23)17(29)10-13-4-6-15(7-5-13)28-19(30)14-8-9-27-18(11-14)22(24,25)26/h4-9,11,16-17H,10,12H2,1-3H3,(H,28,30)/t16-,17-/m0/s1. The second-order valence-electron chi connectivity index (χ2n) is 8.50. The highest BCUT2D eigenvalue weighted by Crippen LogP contribution is 2.29. The Hall–Kier alpha value is -3.17. The van der Waals surface area contributed by atoms with E-state index in [0.29, 0.717) is 11.8 Å². The topological polar surface area (TPSA) is 71.5 Å². The first-order chi connectivity index (χ1) is 14.8. The van der Waals surface area contributed by atoms with Crippen molar-refractivity contribution in [1.82, 2.24) is 9.88 Å². The van der Waals surface area contributed by atoms with E-state index in [4.69, 9.17) is 4.74 Å². The summed E-state index contributed by atoms with van der Waals surface area (Å²) in [6.07, 6.45) is -5.22. The zero-order valence-electron chi connectivity index (χ0n) is 17.7. The van der Waals surface area contributed by atoms with Gasteiger partial charge in [-0.1, -0.05) is 12.1 Å². The van der Waals surface area contributed by atoms with Gasteiger partial charge in [0.2, 0.25) is 0 Å². The molecule has 0 radical (unpaired) electrons. The highest BCUT2D eigenvalue weighted by atomic mass is 19.4.